The van der Waals surface area contributed by atoms with Gasteiger partial charge in [0, 0.05) is 62.0 Å². The molecule has 3 atom stereocenters. The maximum absolute atomic E-state index is 13.7. The van der Waals surface area contributed by atoms with Crippen molar-refractivity contribution in [3.63, 3.8) is 0 Å². The van der Waals surface area contributed by atoms with Crippen LogP contribution in [0.4, 0.5) is 17.1 Å². The summed E-state index contributed by atoms with van der Waals surface area (Å²) in [5.41, 5.74) is 11.1. The third kappa shape index (κ3) is 6.11. The zero-order valence-electron chi connectivity index (χ0n) is 29.0. The first-order chi connectivity index (χ1) is 24.3. The van der Waals surface area contributed by atoms with E-state index in [1.54, 1.807) is 20.3 Å². The van der Waals surface area contributed by atoms with E-state index in [4.69, 9.17) is 24.7 Å². The summed E-state index contributed by atoms with van der Waals surface area (Å²) in [6.45, 7) is 4.01. The highest BCUT2D eigenvalue weighted by Crippen LogP contribution is 2.55. The summed E-state index contributed by atoms with van der Waals surface area (Å²) in [6, 6.07) is 15.8. The standard InChI is InChI=1S/C39H47N5O6/c1-47-33-15-29-31(41-20-27-14-25(22-43(27)37(29)45)24-6-8-26(40)9-7-24)17-35(33)49-12-4-3-5-13-50-36-18-32-30(16-34(36)48-2)38(46)44-23-39(10-11-39)19-28(44)21-42-32/h6-9,15-18,25,27-28,41-42H,3-5,10-14,19-23,40H2,1-2H3/t25-,27-,28-/m0/s1. The quantitative estimate of drug-likeness (QED) is 0.171. The highest BCUT2D eigenvalue weighted by atomic mass is 16.5. The second-order valence-electron chi connectivity index (χ2n) is 14.6. The Morgan fingerprint density at radius 2 is 1.34 bits per heavy atom. The van der Waals surface area contributed by atoms with Crippen molar-refractivity contribution in [2.24, 2.45) is 5.41 Å². The minimum absolute atomic E-state index is 0.0121. The van der Waals surface area contributed by atoms with E-state index in [0.717, 1.165) is 62.3 Å². The van der Waals surface area contributed by atoms with Gasteiger partial charge in [0.1, 0.15) is 0 Å². The lowest BCUT2D eigenvalue weighted by Gasteiger charge is -2.21. The first-order valence-corrected chi connectivity index (χ1v) is 18.0. The predicted molar refractivity (Wildman–Crippen MR) is 192 cm³/mol. The molecule has 2 saturated heterocycles. The van der Waals surface area contributed by atoms with E-state index in [2.05, 4.69) is 27.7 Å². The molecule has 50 heavy (non-hydrogen) atoms. The second-order valence-corrected chi connectivity index (χ2v) is 14.6. The summed E-state index contributed by atoms with van der Waals surface area (Å²) in [5, 5.41) is 7.03. The van der Waals surface area contributed by atoms with Gasteiger partial charge in [-0.05, 0) is 80.2 Å². The molecule has 3 aromatic rings. The third-order valence-corrected chi connectivity index (χ3v) is 11.3. The van der Waals surface area contributed by atoms with Crippen LogP contribution in [0, 0.1) is 5.41 Å². The Kier molecular flexibility index (Phi) is 8.52. The number of rotatable bonds is 11. The smallest absolute Gasteiger partial charge is 0.256 e. The number of carbonyl (C=O) groups excluding carboxylic acids is 2. The van der Waals surface area contributed by atoms with Crippen LogP contribution in [0.3, 0.4) is 0 Å². The number of carbonyl (C=O) groups is 2. The number of nitrogens with one attached hydrogen (secondary N) is 2. The Labute approximate surface area is 293 Å². The number of amides is 2. The molecule has 5 aliphatic rings. The fourth-order valence-corrected chi connectivity index (χ4v) is 8.31. The Morgan fingerprint density at radius 1 is 0.760 bits per heavy atom. The molecule has 264 valence electrons. The minimum atomic E-state index is 0.0121. The molecule has 11 heteroatoms. The number of nitrogen functional groups attached to an aromatic ring is 1. The van der Waals surface area contributed by atoms with Gasteiger partial charge < -0.3 is 45.1 Å². The van der Waals surface area contributed by atoms with Gasteiger partial charge in [0.25, 0.3) is 11.8 Å². The number of fused-ring (bicyclic) bond motifs is 4. The van der Waals surface area contributed by atoms with Gasteiger partial charge in [0.2, 0.25) is 0 Å². The summed E-state index contributed by atoms with van der Waals surface area (Å²) in [6.07, 6.45) is 7.02. The van der Waals surface area contributed by atoms with Crippen molar-refractivity contribution in [2.45, 2.75) is 62.9 Å². The highest BCUT2D eigenvalue weighted by Gasteiger charge is 2.54. The van der Waals surface area contributed by atoms with Crippen molar-refractivity contribution in [1.29, 1.82) is 0 Å². The monoisotopic (exact) mass is 681 g/mol. The van der Waals surface area contributed by atoms with Crippen molar-refractivity contribution >= 4 is 28.9 Å². The molecular weight excluding hydrogens is 634 g/mol. The van der Waals surface area contributed by atoms with Gasteiger partial charge in [-0.2, -0.15) is 0 Å². The van der Waals surface area contributed by atoms with E-state index >= 15 is 0 Å². The molecular formula is C39H47N5O6. The van der Waals surface area contributed by atoms with Crippen LogP contribution in [0.5, 0.6) is 23.0 Å². The number of hydrogen-bond donors (Lipinski definition) is 3. The molecule has 2 amide bonds. The number of anilines is 3. The number of ether oxygens (including phenoxy) is 4. The summed E-state index contributed by atoms with van der Waals surface area (Å²) in [7, 11) is 3.22. The van der Waals surface area contributed by atoms with Crippen LogP contribution in [0.1, 0.15) is 77.1 Å². The van der Waals surface area contributed by atoms with Crippen LogP contribution >= 0.6 is 0 Å². The average Bonchev–Trinajstić information content (AvgIpc) is 3.66. The number of nitrogens with zero attached hydrogens (tertiary/aromatic N) is 2. The topological polar surface area (TPSA) is 128 Å². The van der Waals surface area contributed by atoms with Crippen LogP contribution in [-0.2, 0) is 0 Å². The Balaban J connectivity index is 0.832. The van der Waals surface area contributed by atoms with Crippen LogP contribution in [0.15, 0.2) is 48.5 Å². The fourth-order valence-electron chi connectivity index (χ4n) is 8.31. The lowest BCUT2D eigenvalue weighted by atomic mass is 9.96. The molecule has 3 aromatic carbocycles. The number of nitrogens with two attached hydrogens (primary N) is 1. The maximum atomic E-state index is 13.7. The molecule has 4 heterocycles. The molecule has 0 bridgehead atoms. The van der Waals surface area contributed by atoms with Gasteiger partial charge in [-0.25, -0.2) is 0 Å². The van der Waals surface area contributed by atoms with Crippen molar-refractivity contribution in [3.8, 4) is 23.0 Å². The molecule has 4 aliphatic heterocycles. The molecule has 0 aromatic heterocycles. The zero-order valence-corrected chi connectivity index (χ0v) is 29.0. The van der Waals surface area contributed by atoms with Crippen LogP contribution in [-0.4, -0.2) is 87.3 Å². The molecule has 8 rings (SSSR count). The van der Waals surface area contributed by atoms with E-state index < -0.39 is 0 Å². The van der Waals surface area contributed by atoms with Crippen molar-refractivity contribution in [3.05, 3.63) is 65.2 Å². The summed E-state index contributed by atoms with van der Waals surface area (Å²) in [4.78, 5) is 31.2. The van der Waals surface area contributed by atoms with Crippen LogP contribution in [0.2, 0.25) is 0 Å². The summed E-state index contributed by atoms with van der Waals surface area (Å²) < 4.78 is 23.7. The molecule has 1 spiro atoms. The van der Waals surface area contributed by atoms with E-state index in [1.807, 2.05) is 35.2 Å². The Hall–Kier alpha value is -4.80. The van der Waals surface area contributed by atoms with E-state index in [1.165, 1.54) is 18.4 Å². The number of unbranched alkanes of at least 4 members (excludes halogenated alkanes) is 2. The Bertz CT molecular complexity index is 1780. The van der Waals surface area contributed by atoms with E-state index in [9.17, 15) is 9.59 Å². The van der Waals surface area contributed by atoms with Crippen LogP contribution < -0.4 is 35.3 Å². The number of hydrogen-bond acceptors (Lipinski definition) is 9. The van der Waals surface area contributed by atoms with Gasteiger partial charge in [-0.1, -0.05) is 12.1 Å². The van der Waals surface area contributed by atoms with Gasteiger partial charge in [0.15, 0.2) is 23.0 Å². The molecule has 0 radical (unpaired) electrons. The Morgan fingerprint density at radius 3 is 1.92 bits per heavy atom. The fraction of sp³-hybridized carbons (Fsp3) is 0.487. The lowest BCUT2D eigenvalue weighted by molar-refractivity contribution is 0.0738. The van der Waals surface area contributed by atoms with Crippen molar-refractivity contribution < 1.29 is 28.5 Å². The van der Waals surface area contributed by atoms with Crippen LogP contribution in [0.25, 0.3) is 0 Å². The van der Waals surface area contributed by atoms with Gasteiger partial charge in [0.05, 0.1) is 49.9 Å². The number of methoxy groups -OCH3 is 2. The normalized spacial score (nSPS) is 22.7. The van der Waals surface area contributed by atoms with Gasteiger partial charge in [-0.3, -0.25) is 9.59 Å². The molecule has 0 unspecified atom stereocenters. The largest absolute Gasteiger partial charge is 0.493 e. The molecule has 1 saturated carbocycles. The van der Waals surface area contributed by atoms with Gasteiger partial charge in [-0.15, -0.1) is 0 Å². The van der Waals surface area contributed by atoms with Crippen molar-refractivity contribution in [1.82, 2.24) is 9.80 Å². The highest BCUT2D eigenvalue weighted by molar-refractivity contribution is 6.02. The predicted octanol–water partition coefficient (Wildman–Crippen LogP) is 5.76. The second kappa shape index (κ2) is 13.2. The third-order valence-electron chi connectivity index (χ3n) is 11.3. The summed E-state index contributed by atoms with van der Waals surface area (Å²) in [5.74, 6) is 2.76. The molecule has 11 nitrogen and oxygen atoms in total. The first-order valence-electron chi connectivity index (χ1n) is 18.0. The maximum Gasteiger partial charge on any atom is 0.256 e. The number of benzene rings is 3. The zero-order chi connectivity index (χ0) is 34.4. The van der Waals surface area contributed by atoms with Crippen molar-refractivity contribution in [2.75, 3.05) is 70.0 Å². The van der Waals surface area contributed by atoms with Gasteiger partial charge >= 0.3 is 0 Å². The van der Waals surface area contributed by atoms with E-state index in [0.29, 0.717) is 65.8 Å². The summed E-state index contributed by atoms with van der Waals surface area (Å²) >= 11 is 0. The molecule has 3 fully saturated rings. The molecule has 4 N–H and O–H groups in total. The SMILES string of the molecule is COc1cc2c(cc1OCCCCCOc1cc3c(cc1OC)C(=O)N1CC4(CC4)C[C@H]1CN3)NC[C@@H]1C[C@H](c3ccc(N)cc3)CN1C2=O. The minimum Gasteiger partial charge on any atom is -0.493 e. The first kappa shape index (κ1) is 32.4. The average molecular weight is 682 g/mol. The van der Waals surface area contributed by atoms with E-state index in [-0.39, 0.29) is 29.8 Å². The molecule has 1 aliphatic carbocycles. The lowest BCUT2D eigenvalue weighted by Crippen LogP contribution is -2.37.